The fourth-order valence-corrected chi connectivity index (χ4v) is 2.42. The van der Waals surface area contributed by atoms with Crippen molar-refractivity contribution < 1.29 is 9.15 Å². The lowest BCUT2D eigenvalue weighted by molar-refractivity contribution is 0.189. The maximum atomic E-state index is 5.29. The normalized spacial score (nSPS) is 11.2. The predicted molar refractivity (Wildman–Crippen MR) is 89.2 cm³/mol. The molecule has 0 aliphatic carbocycles. The van der Waals surface area contributed by atoms with Crippen LogP contribution in [-0.2, 0) is 11.3 Å². The average Bonchev–Trinajstić information content (AvgIpc) is 3.36. The largest absolute Gasteiger partial charge is 0.442 e. The number of aryl methyl sites for hydroxylation is 1. The molecular formula is C15H16N8O2. The number of aromatic amines is 1. The molecule has 4 aromatic rings. The number of nitrogens with zero attached hydrogens (tertiary/aromatic N) is 6. The molecule has 0 saturated carbocycles. The van der Waals surface area contributed by atoms with Gasteiger partial charge in [0.05, 0.1) is 24.3 Å². The summed E-state index contributed by atoms with van der Waals surface area (Å²) in [4.78, 5) is 13.0. The summed E-state index contributed by atoms with van der Waals surface area (Å²) in [7, 11) is 1.69. The van der Waals surface area contributed by atoms with Crippen molar-refractivity contribution in [3.05, 3.63) is 31.1 Å². The Kier molecular flexibility index (Phi) is 4.09. The summed E-state index contributed by atoms with van der Waals surface area (Å²) in [5.74, 6) is 1.31. The van der Waals surface area contributed by atoms with Crippen LogP contribution in [0.4, 0.5) is 11.5 Å². The summed E-state index contributed by atoms with van der Waals surface area (Å²) in [5, 5.41) is 14.5. The molecule has 0 saturated heterocycles. The zero-order valence-electron chi connectivity index (χ0n) is 13.5. The molecule has 0 aliphatic heterocycles. The molecule has 0 aromatic carbocycles. The Balaban J connectivity index is 1.61. The van der Waals surface area contributed by atoms with Crippen molar-refractivity contribution in [3.8, 4) is 11.7 Å². The molecule has 4 rings (SSSR count). The number of hydrogen-bond acceptors (Lipinski definition) is 8. The number of aromatic nitrogens is 7. The predicted octanol–water partition coefficient (Wildman–Crippen LogP) is 1.98. The highest BCUT2D eigenvalue weighted by molar-refractivity contribution is 5.87. The van der Waals surface area contributed by atoms with Gasteiger partial charge in [0.15, 0.2) is 5.82 Å². The van der Waals surface area contributed by atoms with Crippen LogP contribution in [0, 0.1) is 0 Å². The monoisotopic (exact) mass is 340 g/mol. The van der Waals surface area contributed by atoms with Crippen molar-refractivity contribution in [2.24, 2.45) is 0 Å². The van der Waals surface area contributed by atoms with Gasteiger partial charge in [0.25, 0.3) is 5.89 Å². The van der Waals surface area contributed by atoms with E-state index < -0.39 is 0 Å². The average molecular weight is 340 g/mol. The molecule has 10 heteroatoms. The Labute approximate surface area is 142 Å². The fourth-order valence-electron chi connectivity index (χ4n) is 2.42. The van der Waals surface area contributed by atoms with Crippen molar-refractivity contribution in [1.29, 1.82) is 0 Å². The van der Waals surface area contributed by atoms with Crippen LogP contribution in [0.15, 0.2) is 35.5 Å². The molecule has 25 heavy (non-hydrogen) atoms. The highest BCUT2D eigenvalue weighted by Gasteiger charge is 2.14. The molecule has 10 nitrogen and oxygen atoms in total. The summed E-state index contributed by atoms with van der Waals surface area (Å²) in [5.41, 5.74) is 2.17. The maximum Gasteiger partial charge on any atom is 0.264 e. The highest BCUT2D eigenvalue weighted by Crippen LogP contribution is 2.24. The Morgan fingerprint density at radius 1 is 1.32 bits per heavy atom. The molecular weight excluding hydrogens is 324 g/mol. The van der Waals surface area contributed by atoms with Crippen LogP contribution in [-0.4, -0.2) is 48.6 Å². The summed E-state index contributed by atoms with van der Waals surface area (Å²) in [6.45, 7) is 1.48. The van der Waals surface area contributed by atoms with Crippen LogP contribution < -0.4 is 5.32 Å². The van der Waals surface area contributed by atoms with Crippen molar-refractivity contribution in [2.75, 3.05) is 19.0 Å². The van der Waals surface area contributed by atoms with E-state index in [1.54, 1.807) is 25.7 Å². The van der Waals surface area contributed by atoms with E-state index in [1.165, 1.54) is 6.26 Å². The summed E-state index contributed by atoms with van der Waals surface area (Å²) >= 11 is 0. The standard InChI is InChI=1S/C15H16N8O2/c1-24-5-2-4-23-9-10(7-18-23)19-13-12-11(8-17-22-12)20-14(21-13)15-16-3-6-25-15/h3,6-9H,2,4-5H2,1H3,(H,17,22)(H,19,20,21). The van der Waals surface area contributed by atoms with Crippen LogP contribution in [0.1, 0.15) is 6.42 Å². The van der Waals surface area contributed by atoms with Crippen LogP contribution in [0.25, 0.3) is 22.7 Å². The first-order chi connectivity index (χ1) is 12.3. The molecule has 0 fully saturated rings. The molecule has 2 N–H and O–H groups in total. The van der Waals surface area contributed by atoms with Gasteiger partial charge in [-0.3, -0.25) is 9.78 Å². The van der Waals surface area contributed by atoms with Gasteiger partial charge < -0.3 is 14.5 Å². The third kappa shape index (κ3) is 3.19. The van der Waals surface area contributed by atoms with E-state index in [4.69, 9.17) is 9.15 Å². The Morgan fingerprint density at radius 3 is 3.12 bits per heavy atom. The molecule has 128 valence electrons. The topological polar surface area (TPSA) is 120 Å². The zero-order valence-corrected chi connectivity index (χ0v) is 13.5. The van der Waals surface area contributed by atoms with Gasteiger partial charge in [0.2, 0.25) is 5.82 Å². The maximum absolute atomic E-state index is 5.29. The number of nitrogens with one attached hydrogen (secondary N) is 2. The number of H-pyrrole nitrogens is 1. The van der Waals surface area contributed by atoms with Crippen LogP contribution >= 0.6 is 0 Å². The minimum atomic E-state index is 0.349. The van der Waals surface area contributed by atoms with Gasteiger partial charge in [-0.2, -0.15) is 10.2 Å². The molecule has 0 spiro atoms. The fraction of sp³-hybridized carbons (Fsp3) is 0.267. The van der Waals surface area contributed by atoms with E-state index in [9.17, 15) is 0 Å². The number of methoxy groups -OCH3 is 1. The van der Waals surface area contributed by atoms with Crippen molar-refractivity contribution in [3.63, 3.8) is 0 Å². The summed E-state index contributed by atoms with van der Waals surface area (Å²) in [6.07, 6.45) is 9.20. The lowest BCUT2D eigenvalue weighted by Crippen LogP contribution is -2.01. The van der Waals surface area contributed by atoms with Gasteiger partial charge in [-0.1, -0.05) is 0 Å². The van der Waals surface area contributed by atoms with Gasteiger partial charge >= 0.3 is 0 Å². The molecule has 4 aromatic heterocycles. The second-order valence-electron chi connectivity index (χ2n) is 5.33. The van der Waals surface area contributed by atoms with Gasteiger partial charge in [-0.15, -0.1) is 0 Å². The van der Waals surface area contributed by atoms with Crippen LogP contribution in [0.5, 0.6) is 0 Å². The molecule has 0 amide bonds. The molecule has 0 atom stereocenters. The van der Waals surface area contributed by atoms with E-state index in [0.717, 1.165) is 18.7 Å². The summed E-state index contributed by atoms with van der Waals surface area (Å²) < 4.78 is 12.2. The molecule has 4 heterocycles. The SMILES string of the molecule is COCCCn1cc(Nc2nc(-c3ncco3)nc3cn[nH]c23)cn1. The van der Waals surface area contributed by atoms with E-state index in [0.29, 0.717) is 35.2 Å². The molecule has 0 radical (unpaired) electrons. The van der Waals surface area contributed by atoms with Gasteiger partial charge in [0.1, 0.15) is 17.3 Å². The highest BCUT2D eigenvalue weighted by atomic mass is 16.5. The Hall–Kier alpha value is -3.27. The van der Waals surface area contributed by atoms with Crippen LogP contribution in [0.2, 0.25) is 0 Å². The van der Waals surface area contributed by atoms with Crippen molar-refractivity contribution in [2.45, 2.75) is 13.0 Å². The quantitative estimate of drug-likeness (QED) is 0.490. The Morgan fingerprint density at radius 2 is 2.28 bits per heavy atom. The second kappa shape index (κ2) is 6.69. The zero-order chi connectivity index (χ0) is 17.1. The minimum Gasteiger partial charge on any atom is -0.442 e. The van der Waals surface area contributed by atoms with Crippen molar-refractivity contribution in [1.82, 2.24) is 34.9 Å². The lowest BCUT2D eigenvalue weighted by Gasteiger charge is -2.05. The number of oxazole rings is 1. The smallest absolute Gasteiger partial charge is 0.264 e. The molecule has 0 unspecified atom stereocenters. The van der Waals surface area contributed by atoms with Gasteiger partial charge in [0, 0.05) is 26.5 Å². The molecule has 0 bridgehead atoms. The van der Waals surface area contributed by atoms with E-state index >= 15 is 0 Å². The van der Waals surface area contributed by atoms with Crippen molar-refractivity contribution >= 4 is 22.5 Å². The van der Waals surface area contributed by atoms with E-state index in [1.807, 2.05) is 10.9 Å². The first-order valence-corrected chi connectivity index (χ1v) is 7.73. The first-order valence-electron chi connectivity index (χ1n) is 7.73. The number of ether oxygens (including phenoxy) is 1. The first kappa shape index (κ1) is 15.3. The van der Waals surface area contributed by atoms with Crippen LogP contribution in [0.3, 0.4) is 0 Å². The number of rotatable bonds is 7. The third-order valence-electron chi connectivity index (χ3n) is 3.56. The Bertz CT molecular complexity index is 959. The number of anilines is 2. The minimum absolute atomic E-state index is 0.349. The molecule has 0 aliphatic rings. The summed E-state index contributed by atoms with van der Waals surface area (Å²) in [6, 6.07) is 0. The lowest BCUT2D eigenvalue weighted by atomic mass is 10.4. The third-order valence-corrected chi connectivity index (χ3v) is 3.56. The van der Waals surface area contributed by atoms with E-state index in [-0.39, 0.29) is 0 Å². The number of hydrogen-bond donors (Lipinski definition) is 2. The van der Waals surface area contributed by atoms with E-state index in [2.05, 4.69) is 35.6 Å². The second-order valence-corrected chi connectivity index (χ2v) is 5.33. The van der Waals surface area contributed by atoms with Gasteiger partial charge in [-0.05, 0) is 6.42 Å². The van der Waals surface area contributed by atoms with Gasteiger partial charge in [-0.25, -0.2) is 15.0 Å². The number of fused-ring (bicyclic) bond motifs is 1.